The molecule has 0 saturated heterocycles. The minimum Gasteiger partial charge on any atom is -0.121 e. The summed E-state index contributed by atoms with van der Waals surface area (Å²) in [5.41, 5.74) is 3.78. The number of hydrogen-bond donors (Lipinski definition) is 0. The van der Waals surface area contributed by atoms with Crippen LogP contribution in [0, 0.1) is 11.8 Å². The van der Waals surface area contributed by atoms with E-state index >= 15 is 0 Å². The highest BCUT2D eigenvalue weighted by molar-refractivity contribution is 8.03. The molecule has 0 atom stereocenters. The van der Waals surface area contributed by atoms with Crippen molar-refractivity contribution in [2.24, 2.45) is 0 Å². The summed E-state index contributed by atoms with van der Waals surface area (Å²) < 4.78 is 0. The largest absolute Gasteiger partial charge is 0.121 e. The summed E-state index contributed by atoms with van der Waals surface area (Å²) in [6.45, 7) is 12.0. The molecule has 0 nitrogen and oxygen atoms in total. The summed E-state index contributed by atoms with van der Waals surface area (Å²) in [6, 6.07) is 0. The van der Waals surface area contributed by atoms with Gasteiger partial charge >= 0.3 is 0 Å². The zero-order valence-corrected chi connectivity index (χ0v) is 16.2. The van der Waals surface area contributed by atoms with Gasteiger partial charge in [0.05, 0.1) is 0 Å². The van der Waals surface area contributed by atoms with E-state index in [4.69, 9.17) is 0 Å². The van der Waals surface area contributed by atoms with Gasteiger partial charge in [0, 0.05) is 17.1 Å². The molecule has 0 N–H and O–H groups in total. The molecule has 1 rings (SSSR count). The molecule has 1 heteroatoms. The summed E-state index contributed by atoms with van der Waals surface area (Å²) in [7, 11) is 0. The molecule has 0 aliphatic heterocycles. The molecule has 0 heterocycles. The van der Waals surface area contributed by atoms with Crippen molar-refractivity contribution in [3.63, 3.8) is 0 Å². The van der Waals surface area contributed by atoms with Crippen molar-refractivity contribution in [1.82, 2.24) is 0 Å². The highest BCUT2D eigenvalue weighted by Crippen LogP contribution is 2.29. The van der Waals surface area contributed by atoms with Crippen molar-refractivity contribution in [2.75, 3.05) is 5.75 Å². The molecule has 1 aliphatic carbocycles. The van der Waals surface area contributed by atoms with E-state index in [2.05, 4.69) is 68.4 Å². The van der Waals surface area contributed by atoms with Gasteiger partial charge in [-0.2, -0.15) is 0 Å². The van der Waals surface area contributed by atoms with Crippen molar-refractivity contribution >= 4 is 11.8 Å². The second-order valence-corrected chi connectivity index (χ2v) is 6.53. The summed E-state index contributed by atoms with van der Waals surface area (Å²) in [4.78, 5) is 1.19. The first-order chi connectivity index (χ1) is 12.3. The maximum atomic E-state index is 4.01. The van der Waals surface area contributed by atoms with Gasteiger partial charge in [0.1, 0.15) is 0 Å². The fourth-order valence-electron chi connectivity index (χ4n) is 2.42. The zero-order valence-electron chi connectivity index (χ0n) is 15.4. The lowest BCUT2D eigenvalue weighted by Crippen LogP contribution is -1.91. The molecular formula is C24H28S. The molecule has 0 aromatic carbocycles. The van der Waals surface area contributed by atoms with Gasteiger partial charge in [-0.05, 0) is 36.1 Å². The van der Waals surface area contributed by atoms with Crippen LogP contribution in [0.25, 0.3) is 0 Å². The highest BCUT2D eigenvalue weighted by atomic mass is 32.2. The Morgan fingerprint density at radius 2 is 2.16 bits per heavy atom. The Kier molecular flexibility index (Phi) is 11.0. The van der Waals surface area contributed by atoms with E-state index in [1.54, 1.807) is 11.8 Å². The van der Waals surface area contributed by atoms with E-state index in [9.17, 15) is 0 Å². The molecule has 0 bridgehead atoms. The van der Waals surface area contributed by atoms with Crippen molar-refractivity contribution in [3.8, 4) is 11.8 Å². The molecule has 0 aromatic heterocycles. The van der Waals surface area contributed by atoms with Crippen LogP contribution in [0.3, 0.4) is 0 Å². The van der Waals surface area contributed by atoms with Gasteiger partial charge in [-0.3, -0.25) is 0 Å². The lowest BCUT2D eigenvalue weighted by Gasteiger charge is -2.10. The fourth-order valence-corrected chi connectivity index (χ4v) is 3.27. The Labute approximate surface area is 158 Å². The van der Waals surface area contributed by atoms with Crippen LogP contribution in [-0.2, 0) is 0 Å². The molecule has 0 aromatic rings. The van der Waals surface area contributed by atoms with Gasteiger partial charge in [0.15, 0.2) is 0 Å². The minimum absolute atomic E-state index is 0.767. The molecule has 0 radical (unpaired) electrons. The maximum absolute atomic E-state index is 4.01. The van der Waals surface area contributed by atoms with Crippen molar-refractivity contribution in [3.05, 3.63) is 95.5 Å². The van der Waals surface area contributed by atoms with Crippen LogP contribution in [0.2, 0.25) is 0 Å². The lowest BCUT2D eigenvalue weighted by atomic mass is 10.0. The van der Waals surface area contributed by atoms with Gasteiger partial charge in [0.2, 0.25) is 0 Å². The van der Waals surface area contributed by atoms with Crippen molar-refractivity contribution in [1.29, 1.82) is 0 Å². The molecular weight excluding hydrogens is 320 g/mol. The first-order valence-corrected chi connectivity index (χ1v) is 9.70. The van der Waals surface area contributed by atoms with Crippen LogP contribution >= 0.6 is 11.8 Å². The molecule has 130 valence electrons. The topological polar surface area (TPSA) is 0 Å². The van der Waals surface area contributed by atoms with E-state index in [0.29, 0.717) is 0 Å². The predicted octanol–water partition coefficient (Wildman–Crippen LogP) is 7.09. The van der Waals surface area contributed by atoms with Crippen LogP contribution in [0.5, 0.6) is 0 Å². The summed E-state index contributed by atoms with van der Waals surface area (Å²) in [5, 5.41) is 0. The first-order valence-electron chi connectivity index (χ1n) is 8.71. The zero-order chi connectivity index (χ0) is 18.3. The van der Waals surface area contributed by atoms with Crippen LogP contribution in [0.1, 0.15) is 33.1 Å². The average Bonchev–Trinajstić information content (AvgIpc) is 2.90. The second kappa shape index (κ2) is 13.2. The maximum Gasteiger partial charge on any atom is 0.0350 e. The molecule has 0 saturated carbocycles. The van der Waals surface area contributed by atoms with Crippen LogP contribution in [0.15, 0.2) is 95.5 Å². The predicted molar refractivity (Wildman–Crippen MR) is 116 cm³/mol. The molecule has 0 fully saturated rings. The number of allylic oxidation sites excluding steroid dienone is 12. The third-order valence-corrected chi connectivity index (χ3v) is 4.58. The summed E-state index contributed by atoms with van der Waals surface area (Å²) in [6.07, 6.45) is 23.6. The van der Waals surface area contributed by atoms with E-state index < -0.39 is 0 Å². The number of thioether (sulfide) groups is 1. The van der Waals surface area contributed by atoms with Gasteiger partial charge in [0.25, 0.3) is 0 Å². The Morgan fingerprint density at radius 3 is 2.84 bits per heavy atom. The van der Waals surface area contributed by atoms with Crippen LogP contribution < -0.4 is 0 Å². The smallest absolute Gasteiger partial charge is 0.0350 e. The summed E-state index contributed by atoms with van der Waals surface area (Å²) in [5.74, 6) is 7.12. The van der Waals surface area contributed by atoms with Crippen molar-refractivity contribution < 1.29 is 0 Å². The van der Waals surface area contributed by atoms with Crippen LogP contribution in [-0.4, -0.2) is 5.75 Å². The number of hydrogen-bond acceptors (Lipinski definition) is 1. The average molecular weight is 349 g/mol. The van der Waals surface area contributed by atoms with Gasteiger partial charge in [-0.15, -0.1) is 11.8 Å². The third kappa shape index (κ3) is 7.96. The van der Waals surface area contributed by atoms with E-state index in [1.807, 2.05) is 31.2 Å². The highest BCUT2D eigenvalue weighted by Gasteiger charge is 2.07. The standard InChI is InChI=1S/C24H28S/c1-5-14-21(15-6-2)17-13-20-25-24(8-4)23(16-7-3)22-18-11-9-10-12-19-22/h5,7-9,11,13-14,16-18H,1,4,6,15,19-20H2,2-3H3/b16-7-,17-13-,21-14-,24-23-. The third-order valence-electron chi connectivity index (χ3n) is 3.53. The second-order valence-electron chi connectivity index (χ2n) is 5.47. The normalized spacial score (nSPS) is 15.4. The van der Waals surface area contributed by atoms with E-state index in [0.717, 1.165) is 25.0 Å². The summed E-state index contributed by atoms with van der Waals surface area (Å²) >= 11 is 1.81. The quantitative estimate of drug-likeness (QED) is 0.300. The first kappa shape index (κ1) is 20.9. The molecule has 25 heavy (non-hydrogen) atoms. The number of rotatable bonds is 10. The Morgan fingerprint density at radius 1 is 1.32 bits per heavy atom. The molecule has 0 unspecified atom stereocenters. The van der Waals surface area contributed by atoms with Gasteiger partial charge < -0.3 is 0 Å². The lowest BCUT2D eigenvalue weighted by molar-refractivity contribution is 0.926. The molecule has 0 amide bonds. The van der Waals surface area contributed by atoms with Gasteiger partial charge in [-0.1, -0.05) is 93.0 Å². The van der Waals surface area contributed by atoms with Crippen molar-refractivity contribution in [2.45, 2.75) is 33.1 Å². The van der Waals surface area contributed by atoms with Crippen LogP contribution in [0.4, 0.5) is 0 Å². The Bertz CT molecular complexity index is 694. The fraction of sp³-hybridized carbons (Fsp3) is 0.250. The Balaban J connectivity index is 2.91. The SMILES string of the molecule is C=C/C=C(\C=C/CS/C(C=C)=C(/C=C\C)C1=CC=CC#CC1)CCC. The minimum atomic E-state index is 0.767. The Hall–Kier alpha value is -2.17. The van der Waals surface area contributed by atoms with Gasteiger partial charge in [-0.25, -0.2) is 0 Å². The monoisotopic (exact) mass is 348 g/mol. The molecule has 1 aliphatic rings. The van der Waals surface area contributed by atoms with E-state index in [-0.39, 0.29) is 0 Å². The molecule has 0 spiro atoms. The van der Waals surface area contributed by atoms with E-state index in [1.165, 1.54) is 21.6 Å².